The van der Waals surface area contributed by atoms with Gasteiger partial charge in [0.2, 0.25) is 0 Å². The van der Waals surface area contributed by atoms with Crippen LogP contribution >= 0.6 is 0 Å². The average Bonchev–Trinajstić information content (AvgIpc) is 2.93. The highest BCUT2D eigenvalue weighted by Crippen LogP contribution is 2.35. The first-order valence-electron chi connectivity index (χ1n) is 14.9. The summed E-state index contributed by atoms with van der Waals surface area (Å²) in [5.74, 6) is -0.293. The van der Waals surface area contributed by atoms with Crippen LogP contribution in [0.2, 0.25) is 0 Å². The second-order valence-electron chi connectivity index (χ2n) is 11.6. The number of hydrogen-bond acceptors (Lipinski definition) is 5. The van der Waals surface area contributed by atoms with E-state index in [4.69, 9.17) is 14.5 Å². The van der Waals surface area contributed by atoms with Crippen molar-refractivity contribution < 1.29 is 24.2 Å². The topological polar surface area (TPSA) is 97.8 Å². The van der Waals surface area contributed by atoms with Crippen molar-refractivity contribution in [2.45, 2.75) is 108 Å². The number of nitrogens with one attached hydrogen (secondary N) is 1. The molecule has 2 saturated carbocycles. The minimum absolute atomic E-state index is 0.145. The fourth-order valence-electron chi connectivity index (χ4n) is 6.41. The lowest BCUT2D eigenvalue weighted by molar-refractivity contribution is -0.140. The molecule has 1 heterocycles. The maximum absolute atomic E-state index is 12.6. The molecule has 5 rings (SSSR count). The van der Waals surface area contributed by atoms with Crippen molar-refractivity contribution in [2.24, 2.45) is 5.92 Å². The molecule has 1 aromatic heterocycles. The van der Waals surface area contributed by atoms with Crippen LogP contribution in [0.3, 0.4) is 0 Å². The molecule has 2 fully saturated rings. The van der Waals surface area contributed by atoms with Crippen molar-refractivity contribution in [1.29, 1.82) is 0 Å². The monoisotopic (exact) mass is 534 g/mol. The van der Waals surface area contributed by atoms with E-state index in [9.17, 15) is 14.7 Å². The minimum atomic E-state index is -1.07. The van der Waals surface area contributed by atoms with Gasteiger partial charge in [0.05, 0.1) is 6.10 Å². The van der Waals surface area contributed by atoms with Crippen molar-refractivity contribution in [3.63, 3.8) is 0 Å². The van der Waals surface area contributed by atoms with Crippen molar-refractivity contribution in [1.82, 2.24) is 10.3 Å². The van der Waals surface area contributed by atoms with Crippen LogP contribution < -0.4 is 5.32 Å². The SMILES string of the molecule is O=C(NC(CCOC1CC(CCc2ccc3c(n2)CCCC3)C1)C(=O)O)O[C@@H]1CCCC[C@H]1c1ccccc1. The van der Waals surface area contributed by atoms with E-state index < -0.39 is 18.1 Å². The number of hydrogen-bond donors (Lipinski definition) is 2. The lowest BCUT2D eigenvalue weighted by Crippen LogP contribution is -2.44. The highest BCUT2D eigenvalue weighted by Gasteiger charge is 2.32. The van der Waals surface area contributed by atoms with Gasteiger partial charge in [0, 0.05) is 30.3 Å². The quantitative estimate of drug-likeness (QED) is 0.368. The maximum atomic E-state index is 12.6. The summed E-state index contributed by atoms with van der Waals surface area (Å²) in [7, 11) is 0. The van der Waals surface area contributed by atoms with Gasteiger partial charge in [-0.15, -0.1) is 0 Å². The Kier molecular flexibility index (Phi) is 9.51. The molecule has 0 bridgehead atoms. The Bertz CT molecular complexity index is 1100. The Morgan fingerprint density at radius 2 is 1.79 bits per heavy atom. The summed E-state index contributed by atoms with van der Waals surface area (Å²) in [6.07, 6.45) is 12.3. The van der Waals surface area contributed by atoms with Crippen LogP contribution in [0.5, 0.6) is 0 Å². The van der Waals surface area contributed by atoms with Crippen LogP contribution in [0.4, 0.5) is 4.79 Å². The number of alkyl carbamates (subject to hydrolysis) is 1. The van der Waals surface area contributed by atoms with Crippen molar-refractivity contribution in [2.75, 3.05) is 6.61 Å². The first-order valence-corrected chi connectivity index (χ1v) is 14.9. The number of carbonyl (C=O) groups is 2. The van der Waals surface area contributed by atoms with Gasteiger partial charge in [0.25, 0.3) is 0 Å². The largest absolute Gasteiger partial charge is 0.480 e. The fourth-order valence-corrected chi connectivity index (χ4v) is 6.41. The normalized spacial score (nSPS) is 25.1. The summed E-state index contributed by atoms with van der Waals surface area (Å²) in [6, 6.07) is 13.5. The molecule has 3 aliphatic rings. The molecular formula is C32H42N2O5. The molecule has 0 radical (unpaired) electrons. The number of benzene rings is 1. The zero-order valence-electron chi connectivity index (χ0n) is 22.9. The van der Waals surface area contributed by atoms with Gasteiger partial charge in [-0.2, -0.15) is 0 Å². The molecule has 0 aliphatic heterocycles. The summed E-state index contributed by atoms with van der Waals surface area (Å²) >= 11 is 0. The summed E-state index contributed by atoms with van der Waals surface area (Å²) in [5.41, 5.74) is 5.09. The summed E-state index contributed by atoms with van der Waals surface area (Å²) < 4.78 is 11.7. The standard InChI is InChI=1S/C32H42N2O5/c35-31(36)29(34-32(37)39-30-13-7-5-11-27(30)23-8-2-1-3-9-23)18-19-38-26-20-22(21-26)14-16-25-17-15-24-10-4-6-12-28(24)33-25/h1-3,8-9,15,17,22,26-27,29-30H,4-7,10-14,16,18-21H2,(H,34,37)(H,35,36)/t22?,26?,27-,29?,30+/m0/s1. The number of aliphatic carboxylic acids is 1. The van der Waals surface area contributed by atoms with E-state index in [0.717, 1.165) is 63.4 Å². The number of rotatable bonds is 11. The van der Waals surface area contributed by atoms with E-state index in [-0.39, 0.29) is 24.5 Å². The lowest BCUT2D eigenvalue weighted by atomic mass is 9.79. The molecular weight excluding hydrogens is 492 g/mol. The van der Waals surface area contributed by atoms with Gasteiger partial charge in [-0.3, -0.25) is 4.98 Å². The molecule has 3 aliphatic carbocycles. The van der Waals surface area contributed by atoms with Gasteiger partial charge in [-0.05, 0) is 93.7 Å². The average molecular weight is 535 g/mol. The number of carboxylic acids is 1. The van der Waals surface area contributed by atoms with E-state index >= 15 is 0 Å². The van der Waals surface area contributed by atoms with E-state index in [1.165, 1.54) is 36.2 Å². The molecule has 1 amide bonds. The third-order valence-electron chi connectivity index (χ3n) is 8.78. The molecule has 1 unspecified atom stereocenters. The minimum Gasteiger partial charge on any atom is -0.480 e. The van der Waals surface area contributed by atoms with Gasteiger partial charge in [0.1, 0.15) is 12.1 Å². The second kappa shape index (κ2) is 13.4. The first kappa shape index (κ1) is 27.6. The van der Waals surface area contributed by atoms with Crippen LogP contribution in [0.1, 0.15) is 92.6 Å². The molecule has 39 heavy (non-hydrogen) atoms. The highest BCUT2D eigenvalue weighted by atomic mass is 16.6. The Morgan fingerprint density at radius 3 is 2.62 bits per heavy atom. The number of aromatic nitrogens is 1. The van der Waals surface area contributed by atoms with Crippen LogP contribution in [0, 0.1) is 5.92 Å². The molecule has 7 nitrogen and oxygen atoms in total. The predicted molar refractivity (Wildman–Crippen MR) is 149 cm³/mol. The zero-order chi connectivity index (χ0) is 27.0. The molecule has 3 atom stereocenters. The predicted octanol–water partition coefficient (Wildman–Crippen LogP) is 5.98. The number of carboxylic acid groups (broad SMARTS) is 1. The molecule has 210 valence electrons. The Hall–Kier alpha value is -2.93. The second-order valence-corrected chi connectivity index (χ2v) is 11.6. The molecule has 0 spiro atoms. The molecule has 7 heteroatoms. The van der Waals surface area contributed by atoms with E-state index in [1.807, 2.05) is 18.2 Å². The Morgan fingerprint density at radius 1 is 1.00 bits per heavy atom. The molecule has 1 aromatic carbocycles. The Labute approximate surface area is 231 Å². The molecule has 2 N–H and O–H groups in total. The number of carbonyl (C=O) groups excluding carboxylic acids is 1. The zero-order valence-corrected chi connectivity index (χ0v) is 22.9. The summed E-state index contributed by atoms with van der Waals surface area (Å²) in [5, 5.41) is 12.2. The number of amides is 1. The van der Waals surface area contributed by atoms with E-state index in [0.29, 0.717) is 12.5 Å². The number of nitrogens with zero attached hydrogens (tertiary/aromatic N) is 1. The van der Waals surface area contributed by atoms with Crippen LogP contribution in [-0.2, 0) is 33.5 Å². The van der Waals surface area contributed by atoms with Crippen molar-refractivity contribution >= 4 is 12.1 Å². The first-order chi connectivity index (χ1) is 19.0. The number of ether oxygens (including phenoxy) is 2. The third kappa shape index (κ3) is 7.59. The van der Waals surface area contributed by atoms with Crippen molar-refractivity contribution in [3.8, 4) is 0 Å². The Balaban J connectivity index is 1.00. The summed E-state index contributed by atoms with van der Waals surface area (Å²) in [6.45, 7) is 0.303. The molecule has 2 aromatic rings. The van der Waals surface area contributed by atoms with Gasteiger partial charge in [-0.1, -0.05) is 42.8 Å². The maximum Gasteiger partial charge on any atom is 0.408 e. The van der Waals surface area contributed by atoms with Crippen LogP contribution in [0.15, 0.2) is 42.5 Å². The summed E-state index contributed by atoms with van der Waals surface area (Å²) in [4.78, 5) is 29.3. The van der Waals surface area contributed by atoms with Gasteiger partial charge < -0.3 is 19.9 Å². The number of aryl methyl sites for hydroxylation is 3. The van der Waals surface area contributed by atoms with Crippen LogP contribution in [0.25, 0.3) is 0 Å². The van der Waals surface area contributed by atoms with Gasteiger partial charge >= 0.3 is 12.1 Å². The smallest absolute Gasteiger partial charge is 0.408 e. The number of fused-ring (bicyclic) bond motifs is 1. The fraction of sp³-hybridized carbons (Fsp3) is 0.594. The van der Waals surface area contributed by atoms with Gasteiger partial charge in [0.15, 0.2) is 0 Å². The van der Waals surface area contributed by atoms with Gasteiger partial charge in [-0.25, -0.2) is 9.59 Å². The highest BCUT2D eigenvalue weighted by molar-refractivity contribution is 5.79. The molecule has 0 saturated heterocycles. The lowest BCUT2D eigenvalue weighted by Gasteiger charge is -2.35. The van der Waals surface area contributed by atoms with E-state index in [2.05, 4.69) is 29.6 Å². The third-order valence-corrected chi connectivity index (χ3v) is 8.78. The van der Waals surface area contributed by atoms with E-state index in [1.54, 1.807) is 0 Å². The van der Waals surface area contributed by atoms with Crippen molar-refractivity contribution in [3.05, 3.63) is 65.0 Å². The van der Waals surface area contributed by atoms with Crippen LogP contribution in [-0.4, -0.2) is 47.0 Å². The number of pyridine rings is 1.